The van der Waals surface area contributed by atoms with Gasteiger partial charge in [-0.05, 0) is 12.1 Å². The quantitative estimate of drug-likeness (QED) is 0.719. The Balaban J connectivity index is 2.19. The number of ketones is 1. The highest BCUT2D eigenvalue weighted by molar-refractivity contribution is 6.00. The Morgan fingerprint density at radius 2 is 2.20 bits per heavy atom. The van der Waals surface area contributed by atoms with Gasteiger partial charge in [0.2, 0.25) is 0 Å². The molecule has 0 heterocycles. The molecule has 1 aromatic rings. The molecule has 1 unspecified atom stereocenters. The molecule has 2 nitrogen and oxygen atoms in total. The van der Waals surface area contributed by atoms with Crippen LogP contribution in [0.4, 0.5) is 8.78 Å². The van der Waals surface area contributed by atoms with E-state index in [9.17, 15) is 13.6 Å². The molecular formula is C11H10F2O2. The van der Waals surface area contributed by atoms with Crippen LogP contribution in [0.25, 0.3) is 0 Å². The Morgan fingerprint density at radius 3 is 2.73 bits per heavy atom. The maximum Gasteiger partial charge on any atom is 0.259 e. The van der Waals surface area contributed by atoms with E-state index < -0.39 is 17.6 Å². The second kappa shape index (κ2) is 3.29. The molecule has 0 spiro atoms. The summed E-state index contributed by atoms with van der Waals surface area (Å²) in [5.74, 6) is -3.94. The summed E-state index contributed by atoms with van der Waals surface area (Å²) in [7, 11) is 1.47. The fourth-order valence-electron chi connectivity index (χ4n) is 1.48. The number of Topliss-reactive ketones (excluding diaryl/α,β-unsaturated/α-hetero) is 1. The average molecular weight is 212 g/mol. The van der Waals surface area contributed by atoms with Crippen molar-refractivity contribution in [3.63, 3.8) is 0 Å². The van der Waals surface area contributed by atoms with E-state index in [0.29, 0.717) is 5.75 Å². The number of carbonyl (C=O) groups excluding carboxylic acids is 1. The van der Waals surface area contributed by atoms with E-state index in [2.05, 4.69) is 0 Å². The second-order valence-electron chi connectivity index (χ2n) is 3.61. The molecule has 0 aromatic heterocycles. The van der Waals surface area contributed by atoms with E-state index >= 15 is 0 Å². The molecule has 1 saturated carbocycles. The van der Waals surface area contributed by atoms with Crippen molar-refractivity contribution >= 4 is 5.78 Å². The standard InChI is InChI=1S/C11H10F2O2/c1-15-8-4-2-3-7(5-8)10(14)9-6-11(9,12)13/h2-5,9H,6H2,1H3. The van der Waals surface area contributed by atoms with E-state index in [1.165, 1.54) is 19.2 Å². The van der Waals surface area contributed by atoms with Gasteiger partial charge in [-0.3, -0.25) is 4.79 Å². The molecule has 0 bridgehead atoms. The summed E-state index contributed by atoms with van der Waals surface area (Å²) in [6.45, 7) is 0. The highest BCUT2D eigenvalue weighted by Crippen LogP contribution is 2.50. The van der Waals surface area contributed by atoms with Crippen LogP contribution in [0.3, 0.4) is 0 Å². The van der Waals surface area contributed by atoms with Gasteiger partial charge in [0.1, 0.15) is 5.75 Å². The smallest absolute Gasteiger partial charge is 0.259 e. The zero-order valence-corrected chi connectivity index (χ0v) is 8.17. The Bertz CT molecular complexity index is 401. The van der Waals surface area contributed by atoms with Gasteiger partial charge in [0.05, 0.1) is 13.0 Å². The predicted molar refractivity (Wildman–Crippen MR) is 50.4 cm³/mol. The minimum Gasteiger partial charge on any atom is -0.497 e. The van der Waals surface area contributed by atoms with Crippen molar-refractivity contribution in [1.82, 2.24) is 0 Å². The molecule has 2 rings (SSSR count). The van der Waals surface area contributed by atoms with Gasteiger partial charge >= 0.3 is 0 Å². The molecule has 0 N–H and O–H groups in total. The third kappa shape index (κ3) is 1.84. The average Bonchev–Trinajstić information content (AvgIpc) is 2.87. The SMILES string of the molecule is COc1cccc(C(=O)C2CC2(F)F)c1. The van der Waals surface area contributed by atoms with Gasteiger partial charge in [-0.15, -0.1) is 0 Å². The molecule has 1 atom stereocenters. The van der Waals surface area contributed by atoms with Crippen LogP contribution in [0.2, 0.25) is 0 Å². The van der Waals surface area contributed by atoms with E-state index in [4.69, 9.17) is 4.74 Å². The molecule has 0 radical (unpaired) electrons. The van der Waals surface area contributed by atoms with Gasteiger partial charge in [-0.25, -0.2) is 8.78 Å². The van der Waals surface area contributed by atoms with E-state index in [0.717, 1.165) is 0 Å². The monoisotopic (exact) mass is 212 g/mol. The zero-order valence-electron chi connectivity index (χ0n) is 8.17. The van der Waals surface area contributed by atoms with Crippen molar-refractivity contribution in [2.75, 3.05) is 7.11 Å². The molecule has 1 aromatic carbocycles. The lowest BCUT2D eigenvalue weighted by atomic mass is 10.1. The van der Waals surface area contributed by atoms with E-state index in [1.54, 1.807) is 12.1 Å². The lowest BCUT2D eigenvalue weighted by Gasteiger charge is -2.02. The molecule has 1 aliphatic rings. The summed E-state index contributed by atoms with van der Waals surface area (Å²) in [6, 6.07) is 6.30. The van der Waals surface area contributed by atoms with Crippen LogP contribution >= 0.6 is 0 Å². The number of alkyl halides is 2. The number of ether oxygens (including phenoxy) is 1. The number of rotatable bonds is 3. The summed E-state index contributed by atoms with van der Waals surface area (Å²) in [4.78, 5) is 11.6. The van der Waals surface area contributed by atoms with Crippen LogP contribution in [0.15, 0.2) is 24.3 Å². The molecule has 0 saturated heterocycles. The molecule has 0 amide bonds. The number of hydrogen-bond donors (Lipinski definition) is 0. The fraction of sp³-hybridized carbons (Fsp3) is 0.364. The maximum atomic E-state index is 12.7. The van der Waals surface area contributed by atoms with Crippen LogP contribution < -0.4 is 4.74 Å². The lowest BCUT2D eigenvalue weighted by molar-refractivity contribution is 0.0757. The van der Waals surface area contributed by atoms with Crippen LogP contribution in [0.1, 0.15) is 16.8 Å². The molecule has 1 aliphatic carbocycles. The Kier molecular flexibility index (Phi) is 2.21. The first kappa shape index (κ1) is 10.1. The third-order valence-corrected chi connectivity index (χ3v) is 2.50. The first-order valence-corrected chi connectivity index (χ1v) is 4.60. The first-order chi connectivity index (χ1) is 7.04. The normalized spacial score (nSPS) is 22.2. The largest absolute Gasteiger partial charge is 0.497 e. The second-order valence-corrected chi connectivity index (χ2v) is 3.61. The van der Waals surface area contributed by atoms with Gasteiger partial charge in [0.25, 0.3) is 5.92 Å². The topological polar surface area (TPSA) is 26.3 Å². The van der Waals surface area contributed by atoms with Crippen LogP contribution in [0.5, 0.6) is 5.75 Å². The predicted octanol–water partition coefficient (Wildman–Crippen LogP) is 2.53. The van der Waals surface area contributed by atoms with Crippen LogP contribution in [-0.2, 0) is 0 Å². The van der Waals surface area contributed by atoms with Gasteiger partial charge in [0, 0.05) is 12.0 Å². The Labute approximate surface area is 85.9 Å². The number of halogens is 2. The molecule has 1 fully saturated rings. The molecule has 15 heavy (non-hydrogen) atoms. The van der Waals surface area contributed by atoms with E-state index in [-0.39, 0.29) is 12.0 Å². The number of hydrogen-bond acceptors (Lipinski definition) is 2. The van der Waals surface area contributed by atoms with Gasteiger partial charge in [0.15, 0.2) is 5.78 Å². The number of carbonyl (C=O) groups is 1. The molecule has 80 valence electrons. The van der Waals surface area contributed by atoms with Gasteiger partial charge in [-0.1, -0.05) is 12.1 Å². The number of benzene rings is 1. The van der Waals surface area contributed by atoms with Crippen LogP contribution in [0, 0.1) is 5.92 Å². The number of methoxy groups -OCH3 is 1. The summed E-state index contributed by atoms with van der Waals surface area (Å²) < 4.78 is 30.2. The Hall–Kier alpha value is -1.45. The minimum absolute atomic E-state index is 0.288. The zero-order chi connectivity index (χ0) is 11.1. The first-order valence-electron chi connectivity index (χ1n) is 4.60. The lowest BCUT2D eigenvalue weighted by Crippen LogP contribution is -2.08. The fourth-order valence-corrected chi connectivity index (χ4v) is 1.48. The van der Waals surface area contributed by atoms with Crippen molar-refractivity contribution in [2.24, 2.45) is 5.92 Å². The van der Waals surface area contributed by atoms with Crippen molar-refractivity contribution in [2.45, 2.75) is 12.3 Å². The molecule has 0 aliphatic heterocycles. The highest BCUT2D eigenvalue weighted by Gasteiger charge is 2.61. The maximum absolute atomic E-state index is 12.7. The molecule has 4 heteroatoms. The van der Waals surface area contributed by atoms with E-state index in [1.807, 2.05) is 0 Å². The Morgan fingerprint density at radius 1 is 1.53 bits per heavy atom. The summed E-state index contributed by atoms with van der Waals surface area (Å²) in [6.07, 6.45) is -0.330. The minimum atomic E-state index is -2.81. The van der Waals surface area contributed by atoms with Crippen molar-refractivity contribution in [3.8, 4) is 5.75 Å². The van der Waals surface area contributed by atoms with Crippen molar-refractivity contribution < 1.29 is 18.3 Å². The van der Waals surface area contributed by atoms with Gasteiger partial charge in [-0.2, -0.15) is 0 Å². The summed E-state index contributed by atoms with van der Waals surface area (Å²) in [5, 5.41) is 0. The highest BCUT2D eigenvalue weighted by atomic mass is 19.3. The third-order valence-electron chi connectivity index (χ3n) is 2.50. The summed E-state index contributed by atoms with van der Waals surface area (Å²) in [5.41, 5.74) is 0.288. The van der Waals surface area contributed by atoms with Gasteiger partial charge < -0.3 is 4.74 Å². The molecular weight excluding hydrogens is 202 g/mol. The van der Waals surface area contributed by atoms with Crippen molar-refractivity contribution in [1.29, 1.82) is 0 Å². The van der Waals surface area contributed by atoms with Crippen LogP contribution in [-0.4, -0.2) is 18.8 Å². The van der Waals surface area contributed by atoms with Crippen molar-refractivity contribution in [3.05, 3.63) is 29.8 Å². The summed E-state index contributed by atoms with van der Waals surface area (Å²) >= 11 is 0.